The average molecular weight is 211 g/mol. The SMILES string of the molecule is C#CCC(NC(=O)[C@@H]1CCCO1)C(=O)O. The Labute approximate surface area is 87.8 Å². The Hall–Kier alpha value is -1.54. The van der Waals surface area contributed by atoms with Crippen LogP contribution in [-0.2, 0) is 14.3 Å². The van der Waals surface area contributed by atoms with Crippen molar-refractivity contribution in [3.05, 3.63) is 0 Å². The van der Waals surface area contributed by atoms with E-state index in [-0.39, 0.29) is 6.42 Å². The summed E-state index contributed by atoms with van der Waals surface area (Å²) in [6.07, 6.45) is 5.91. The van der Waals surface area contributed by atoms with Gasteiger partial charge in [0.25, 0.3) is 0 Å². The van der Waals surface area contributed by atoms with E-state index in [0.29, 0.717) is 13.0 Å². The largest absolute Gasteiger partial charge is 0.480 e. The predicted octanol–water partition coefficient (Wildman–Crippen LogP) is -0.242. The molecular weight excluding hydrogens is 198 g/mol. The molecule has 1 aliphatic heterocycles. The Kier molecular flexibility index (Phi) is 4.13. The number of amides is 1. The average Bonchev–Trinajstić information content (AvgIpc) is 2.69. The summed E-state index contributed by atoms with van der Waals surface area (Å²) >= 11 is 0. The fraction of sp³-hybridized carbons (Fsp3) is 0.600. The number of carboxylic acids is 1. The van der Waals surface area contributed by atoms with Crippen LogP contribution in [0.5, 0.6) is 0 Å². The van der Waals surface area contributed by atoms with Gasteiger partial charge in [0, 0.05) is 13.0 Å². The summed E-state index contributed by atoms with van der Waals surface area (Å²) in [6, 6.07) is -1.02. The maximum Gasteiger partial charge on any atom is 0.327 e. The van der Waals surface area contributed by atoms with Crippen LogP contribution in [0.1, 0.15) is 19.3 Å². The molecule has 2 atom stereocenters. The number of hydrogen-bond donors (Lipinski definition) is 2. The topological polar surface area (TPSA) is 75.6 Å². The van der Waals surface area contributed by atoms with Crippen LogP contribution in [0.3, 0.4) is 0 Å². The predicted molar refractivity (Wildman–Crippen MR) is 52.0 cm³/mol. The summed E-state index contributed by atoms with van der Waals surface area (Å²) in [6.45, 7) is 0.547. The molecule has 1 fully saturated rings. The van der Waals surface area contributed by atoms with Gasteiger partial charge in [-0.05, 0) is 12.8 Å². The lowest BCUT2D eigenvalue weighted by molar-refractivity contribution is -0.143. The van der Waals surface area contributed by atoms with Gasteiger partial charge in [0.2, 0.25) is 5.91 Å². The van der Waals surface area contributed by atoms with E-state index in [1.807, 2.05) is 0 Å². The Morgan fingerprint density at radius 1 is 1.67 bits per heavy atom. The van der Waals surface area contributed by atoms with Crippen LogP contribution in [-0.4, -0.2) is 35.7 Å². The molecule has 0 spiro atoms. The van der Waals surface area contributed by atoms with Gasteiger partial charge in [-0.2, -0.15) is 0 Å². The maximum atomic E-state index is 11.5. The van der Waals surface area contributed by atoms with Crippen LogP contribution in [0, 0.1) is 12.3 Å². The Morgan fingerprint density at radius 3 is 2.87 bits per heavy atom. The number of aliphatic carboxylic acids is 1. The first kappa shape index (κ1) is 11.5. The molecule has 1 saturated heterocycles. The van der Waals surface area contributed by atoms with Crippen molar-refractivity contribution in [1.29, 1.82) is 0 Å². The molecule has 0 bridgehead atoms. The van der Waals surface area contributed by atoms with Crippen LogP contribution in [0.2, 0.25) is 0 Å². The molecule has 0 radical (unpaired) electrons. The third-order valence-corrected chi connectivity index (χ3v) is 2.16. The molecule has 1 heterocycles. The minimum absolute atomic E-state index is 0.0200. The van der Waals surface area contributed by atoms with Crippen molar-refractivity contribution in [3.63, 3.8) is 0 Å². The number of carbonyl (C=O) groups is 2. The highest BCUT2D eigenvalue weighted by Gasteiger charge is 2.27. The van der Waals surface area contributed by atoms with Crippen molar-refractivity contribution in [2.24, 2.45) is 0 Å². The standard InChI is InChI=1S/C10H13NO4/c1-2-4-7(10(13)14)11-9(12)8-5-3-6-15-8/h1,7-8H,3-6H2,(H,11,12)(H,13,14)/t7?,8-/m0/s1. The molecule has 1 amide bonds. The molecule has 5 heteroatoms. The van der Waals surface area contributed by atoms with Crippen molar-refractivity contribution < 1.29 is 19.4 Å². The molecule has 2 N–H and O–H groups in total. The number of ether oxygens (including phenoxy) is 1. The number of hydrogen-bond acceptors (Lipinski definition) is 3. The van der Waals surface area contributed by atoms with Gasteiger partial charge in [0.15, 0.2) is 0 Å². The van der Waals surface area contributed by atoms with Gasteiger partial charge < -0.3 is 15.2 Å². The lowest BCUT2D eigenvalue weighted by Crippen LogP contribution is -2.45. The second kappa shape index (κ2) is 5.37. The van der Waals surface area contributed by atoms with Gasteiger partial charge in [-0.15, -0.1) is 12.3 Å². The van der Waals surface area contributed by atoms with Crippen LogP contribution in [0.4, 0.5) is 0 Å². The van der Waals surface area contributed by atoms with Crippen molar-refractivity contribution in [1.82, 2.24) is 5.32 Å². The molecule has 0 aliphatic carbocycles. The van der Waals surface area contributed by atoms with Gasteiger partial charge in [0.1, 0.15) is 12.1 Å². The smallest absolute Gasteiger partial charge is 0.327 e. The van der Waals surface area contributed by atoms with Crippen LogP contribution >= 0.6 is 0 Å². The summed E-state index contributed by atoms with van der Waals surface area (Å²) < 4.78 is 5.12. The van der Waals surface area contributed by atoms with E-state index in [1.54, 1.807) is 0 Å². The first-order valence-electron chi connectivity index (χ1n) is 4.73. The van der Waals surface area contributed by atoms with Crippen molar-refractivity contribution >= 4 is 11.9 Å². The van der Waals surface area contributed by atoms with E-state index in [1.165, 1.54) is 0 Å². The van der Waals surface area contributed by atoms with Crippen molar-refractivity contribution in [2.45, 2.75) is 31.4 Å². The summed E-state index contributed by atoms with van der Waals surface area (Å²) in [5.41, 5.74) is 0. The molecule has 0 aromatic carbocycles. The highest BCUT2D eigenvalue weighted by molar-refractivity contribution is 5.86. The number of nitrogens with one attached hydrogen (secondary N) is 1. The quantitative estimate of drug-likeness (QED) is 0.629. The van der Waals surface area contributed by atoms with E-state index < -0.39 is 24.0 Å². The minimum atomic E-state index is -1.13. The molecule has 82 valence electrons. The summed E-state index contributed by atoms with van der Waals surface area (Å²) in [5.74, 6) is 0.690. The molecule has 0 aromatic rings. The zero-order valence-electron chi connectivity index (χ0n) is 8.23. The Morgan fingerprint density at radius 2 is 2.40 bits per heavy atom. The van der Waals surface area contributed by atoms with E-state index in [4.69, 9.17) is 16.3 Å². The highest BCUT2D eigenvalue weighted by Crippen LogP contribution is 2.12. The zero-order valence-corrected chi connectivity index (χ0v) is 8.23. The van der Waals surface area contributed by atoms with E-state index >= 15 is 0 Å². The van der Waals surface area contributed by atoms with Crippen molar-refractivity contribution in [3.8, 4) is 12.3 Å². The molecule has 5 nitrogen and oxygen atoms in total. The fourth-order valence-electron chi connectivity index (χ4n) is 1.37. The van der Waals surface area contributed by atoms with Gasteiger partial charge in [-0.25, -0.2) is 4.79 Å². The Balaban J connectivity index is 2.46. The maximum absolute atomic E-state index is 11.5. The fourth-order valence-corrected chi connectivity index (χ4v) is 1.37. The molecule has 0 saturated carbocycles. The first-order valence-corrected chi connectivity index (χ1v) is 4.73. The summed E-state index contributed by atoms with van der Waals surface area (Å²) in [5, 5.41) is 11.1. The lowest BCUT2D eigenvalue weighted by Gasteiger charge is -2.14. The first-order chi connectivity index (χ1) is 7.15. The van der Waals surface area contributed by atoms with Gasteiger partial charge in [0.05, 0.1) is 0 Å². The van der Waals surface area contributed by atoms with E-state index in [9.17, 15) is 9.59 Å². The molecule has 15 heavy (non-hydrogen) atoms. The third-order valence-electron chi connectivity index (χ3n) is 2.16. The molecule has 1 aliphatic rings. The van der Waals surface area contributed by atoms with Crippen LogP contribution < -0.4 is 5.32 Å². The van der Waals surface area contributed by atoms with Gasteiger partial charge >= 0.3 is 5.97 Å². The molecule has 1 unspecified atom stereocenters. The summed E-state index contributed by atoms with van der Waals surface area (Å²) in [7, 11) is 0. The highest BCUT2D eigenvalue weighted by atomic mass is 16.5. The summed E-state index contributed by atoms with van der Waals surface area (Å²) in [4.78, 5) is 22.2. The molecule has 0 aromatic heterocycles. The van der Waals surface area contributed by atoms with Crippen LogP contribution in [0.15, 0.2) is 0 Å². The van der Waals surface area contributed by atoms with Crippen LogP contribution in [0.25, 0.3) is 0 Å². The van der Waals surface area contributed by atoms with Crippen molar-refractivity contribution in [2.75, 3.05) is 6.61 Å². The van der Waals surface area contributed by atoms with E-state index in [0.717, 1.165) is 6.42 Å². The number of rotatable bonds is 4. The minimum Gasteiger partial charge on any atom is -0.480 e. The molecule has 1 rings (SSSR count). The lowest BCUT2D eigenvalue weighted by atomic mass is 10.2. The number of carboxylic acid groups (broad SMARTS) is 1. The molecular formula is C10H13NO4. The zero-order chi connectivity index (χ0) is 11.3. The second-order valence-electron chi connectivity index (χ2n) is 3.31. The third kappa shape index (κ3) is 3.26. The normalized spacial score (nSPS) is 21.7. The number of carbonyl (C=O) groups excluding carboxylic acids is 1. The number of terminal acetylenes is 1. The van der Waals surface area contributed by atoms with Gasteiger partial charge in [-0.1, -0.05) is 0 Å². The monoisotopic (exact) mass is 211 g/mol. The van der Waals surface area contributed by atoms with E-state index in [2.05, 4.69) is 11.2 Å². The Bertz CT molecular complexity index is 288. The second-order valence-corrected chi connectivity index (χ2v) is 3.31. The van der Waals surface area contributed by atoms with Gasteiger partial charge in [-0.3, -0.25) is 4.79 Å².